The van der Waals surface area contributed by atoms with E-state index in [1.807, 2.05) is 33.0 Å². The number of carbonyl (C=O) groups is 2. The number of fused-ring (bicyclic) bond motifs is 4. The number of aryl methyl sites for hydroxylation is 4. The predicted molar refractivity (Wildman–Crippen MR) is 307 cm³/mol. The van der Waals surface area contributed by atoms with E-state index in [4.69, 9.17) is 0 Å². The molecule has 0 bridgehead atoms. The molecule has 0 spiro atoms. The molecule has 428 valence electrons. The summed E-state index contributed by atoms with van der Waals surface area (Å²) in [7, 11) is -3.23. The third-order valence-corrected chi connectivity index (χ3v) is 22.1. The summed E-state index contributed by atoms with van der Waals surface area (Å²) < 4.78 is 79.6. The molecule has 8 heterocycles. The largest absolute Gasteiger partial charge is 0.291 e. The molecule has 0 aliphatic heterocycles. The molecular formula is C59H60F2N14O5S3. The van der Waals surface area contributed by atoms with E-state index in [0.29, 0.717) is 72.0 Å². The Labute approximate surface area is 483 Å². The van der Waals surface area contributed by atoms with Crippen LogP contribution in [0.25, 0.3) is 23.5 Å². The second kappa shape index (κ2) is 20.7. The minimum atomic E-state index is -3.87. The number of halogens is 2. The number of ketones is 2. The molecular weight excluding hydrogens is 1120 g/mol. The van der Waals surface area contributed by atoms with Gasteiger partial charge in [0.1, 0.15) is 5.69 Å². The van der Waals surface area contributed by atoms with Gasteiger partial charge in [-0.2, -0.15) is 33.5 Å². The van der Waals surface area contributed by atoms with Gasteiger partial charge in [-0.05, 0) is 174 Å². The SMILES string of the molecule is C=S(=O)(c1ccn(C)n1)N(C1CC1)[C@H]1CCC2=Cc3c(cnn3-c3ccc(F)nc3)C[C@]2(C(=O)c2ncc(C)s2)C1.Cc1ccnc(C(=O)[C@]23Cc4cnn(-c5ccc(F)nc5)c4C=C2CC[C@H](N(C2CC2)S(=O)(=O)c2ccn(C)n2)C3)c1. The van der Waals surface area contributed by atoms with Gasteiger partial charge in [0.05, 0.1) is 68.1 Å². The summed E-state index contributed by atoms with van der Waals surface area (Å²) in [5.41, 5.74) is 6.16. The standard InChI is InChI=1S/C30H30FN7O3S.C29H30FN7O2S2/c1-19-9-11-32-25(13-19)29(39)30-15-20-17-34-37(24-7-8-27(31)33-18-24)26(20)14-21(30)3-4-23(16-30)38(22-5-6-22)42(40,41)28-10-12-36(2)35-28;1-18-15-32-28(40-18)27(38)29-13-19-16-33-36(23-8-9-25(30)31-17-23)24(19)12-20(29)4-5-22(14-29)37(21-6-7-21)41(3,39)26-10-11-35(2)34-26/h7-14,17-18,22-23H,3-6,15-16H2,1-2H3;8-12,15-17,21-22H,3-7,13-14H2,1-2H3/t23-,30-;22-,29-,41?/m00/s1. The quantitative estimate of drug-likeness (QED) is 0.0568. The highest BCUT2D eigenvalue weighted by atomic mass is 32.2. The van der Waals surface area contributed by atoms with E-state index in [1.165, 1.54) is 46.6 Å². The van der Waals surface area contributed by atoms with Crippen molar-refractivity contribution in [2.24, 2.45) is 24.9 Å². The second-order valence-corrected chi connectivity index (χ2v) is 28.0. The average Bonchev–Trinajstić information content (AvgIpc) is 4.32. The molecule has 0 radical (unpaired) electrons. The van der Waals surface area contributed by atoms with E-state index < -0.39 is 42.5 Å². The molecule has 1 unspecified atom stereocenters. The molecule has 0 amide bonds. The van der Waals surface area contributed by atoms with Crippen molar-refractivity contribution in [1.29, 1.82) is 0 Å². The Kier molecular flexibility index (Phi) is 13.6. The average molecular weight is 1180 g/mol. The van der Waals surface area contributed by atoms with E-state index in [2.05, 4.69) is 56.6 Å². The Bertz CT molecular complexity index is 4180. The number of thiazole rings is 1. The van der Waals surface area contributed by atoms with Gasteiger partial charge in [0.2, 0.25) is 17.7 Å². The molecule has 5 atom stereocenters. The van der Waals surface area contributed by atoms with Gasteiger partial charge >= 0.3 is 0 Å². The number of pyridine rings is 3. The summed E-state index contributed by atoms with van der Waals surface area (Å²) in [6.07, 6.45) is 24.9. The summed E-state index contributed by atoms with van der Waals surface area (Å²) in [5.74, 6) is 2.98. The van der Waals surface area contributed by atoms with Crippen molar-refractivity contribution in [3.63, 3.8) is 0 Å². The first-order chi connectivity index (χ1) is 39.8. The molecule has 8 aromatic heterocycles. The fourth-order valence-corrected chi connectivity index (χ4v) is 17.8. The summed E-state index contributed by atoms with van der Waals surface area (Å²) in [6.45, 7) is 3.87. The van der Waals surface area contributed by atoms with Crippen LogP contribution in [-0.2, 0) is 46.7 Å². The number of nitrogens with zero attached hydrogens (tertiary/aromatic N) is 14. The van der Waals surface area contributed by atoms with Crippen molar-refractivity contribution >= 4 is 60.7 Å². The number of Topliss-reactive ketones (excluding diaryl/α,β-unsaturated/α-hetero) is 2. The Balaban J connectivity index is 0.000000155. The van der Waals surface area contributed by atoms with Gasteiger partial charge < -0.3 is 0 Å². The Hall–Kier alpha value is -7.51. The van der Waals surface area contributed by atoms with Gasteiger partial charge in [-0.1, -0.05) is 11.1 Å². The van der Waals surface area contributed by atoms with E-state index in [1.54, 1.807) is 86.8 Å². The van der Waals surface area contributed by atoms with E-state index in [0.717, 1.165) is 76.2 Å². The summed E-state index contributed by atoms with van der Waals surface area (Å²) >= 11 is 1.41. The molecule has 6 aliphatic carbocycles. The zero-order valence-corrected chi connectivity index (χ0v) is 48.6. The van der Waals surface area contributed by atoms with Crippen molar-refractivity contribution in [3.05, 3.63) is 165 Å². The Morgan fingerprint density at radius 3 is 1.65 bits per heavy atom. The van der Waals surface area contributed by atoms with Crippen LogP contribution in [0.5, 0.6) is 0 Å². The highest BCUT2D eigenvalue weighted by Gasteiger charge is 2.56. The molecule has 8 aromatic rings. The fraction of sp³-hybridized carbons (Fsp3) is 0.373. The lowest BCUT2D eigenvalue weighted by atomic mass is 9.60. The van der Waals surface area contributed by atoms with Gasteiger partial charge in [0.15, 0.2) is 20.8 Å². The molecule has 24 heteroatoms. The monoisotopic (exact) mass is 1180 g/mol. The minimum Gasteiger partial charge on any atom is -0.291 e. The second-order valence-electron chi connectivity index (χ2n) is 22.9. The van der Waals surface area contributed by atoms with Crippen LogP contribution in [0, 0.1) is 36.6 Å². The number of rotatable bonds is 14. The highest BCUT2D eigenvalue weighted by Crippen LogP contribution is 2.55. The summed E-state index contributed by atoms with van der Waals surface area (Å²) in [5, 5.41) is 18.9. The van der Waals surface area contributed by atoms with Crippen molar-refractivity contribution in [3.8, 4) is 11.4 Å². The van der Waals surface area contributed by atoms with E-state index in [9.17, 15) is 31.0 Å². The lowest BCUT2D eigenvalue weighted by Crippen LogP contribution is -2.51. The molecule has 14 rings (SSSR count). The molecule has 4 fully saturated rings. The van der Waals surface area contributed by atoms with Gasteiger partial charge in [0.25, 0.3) is 10.0 Å². The maximum atomic E-state index is 14.5. The van der Waals surface area contributed by atoms with Crippen LogP contribution in [0.15, 0.2) is 119 Å². The van der Waals surface area contributed by atoms with Crippen LogP contribution in [0.4, 0.5) is 8.78 Å². The number of aromatic nitrogens is 12. The molecule has 0 aromatic carbocycles. The zero-order chi connectivity index (χ0) is 57.7. The Morgan fingerprint density at radius 1 is 0.639 bits per heavy atom. The Morgan fingerprint density at radius 2 is 1.17 bits per heavy atom. The minimum absolute atomic E-state index is 0.00227. The van der Waals surface area contributed by atoms with Crippen LogP contribution in [0.3, 0.4) is 0 Å². The summed E-state index contributed by atoms with van der Waals surface area (Å²) in [4.78, 5) is 46.5. The normalized spacial score (nSPS) is 22.7. The van der Waals surface area contributed by atoms with Gasteiger partial charge in [0, 0.05) is 67.9 Å². The van der Waals surface area contributed by atoms with Crippen LogP contribution >= 0.6 is 11.3 Å². The molecule has 83 heavy (non-hydrogen) atoms. The van der Waals surface area contributed by atoms with Crippen LogP contribution in [-0.4, -0.2) is 122 Å². The molecule has 0 N–H and O–H groups in total. The van der Waals surface area contributed by atoms with Crippen molar-refractivity contribution < 1.29 is 31.0 Å². The van der Waals surface area contributed by atoms with Crippen LogP contribution in [0.1, 0.15) is 117 Å². The highest BCUT2D eigenvalue weighted by molar-refractivity contribution is 7.98. The maximum absolute atomic E-state index is 14.5. The number of carbonyl (C=O) groups excluding carboxylic acids is 2. The van der Waals surface area contributed by atoms with E-state index in [-0.39, 0.29) is 40.8 Å². The number of hydrogen-bond donors (Lipinski definition) is 0. The molecule has 6 aliphatic rings. The van der Waals surface area contributed by atoms with Crippen LogP contribution in [0.2, 0.25) is 0 Å². The van der Waals surface area contributed by atoms with Gasteiger partial charge in [-0.25, -0.2) is 41.2 Å². The van der Waals surface area contributed by atoms with E-state index >= 15 is 0 Å². The molecule has 0 saturated heterocycles. The third kappa shape index (κ3) is 9.84. The first-order valence-electron chi connectivity index (χ1n) is 27.7. The predicted octanol–water partition coefficient (Wildman–Crippen LogP) is 8.48. The lowest BCUT2D eigenvalue weighted by Gasteiger charge is -2.47. The van der Waals surface area contributed by atoms with Crippen LogP contribution < -0.4 is 0 Å². The topological polar surface area (TPSA) is 215 Å². The lowest BCUT2D eigenvalue weighted by molar-refractivity contribution is 0.0731. The fourth-order valence-electron chi connectivity index (χ4n) is 13.0. The number of hydrogen-bond acceptors (Lipinski definition) is 14. The van der Waals surface area contributed by atoms with Crippen molar-refractivity contribution in [2.75, 3.05) is 0 Å². The smallest absolute Gasteiger partial charge is 0.262 e. The van der Waals surface area contributed by atoms with Crippen molar-refractivity contribution in [1.82, 2.24) is 67.7 Å². The third-order valence-electron chi connectivity index (χ3n) is 17.1. The first-order valence-corrected chi connectivity index (χ1v) is 31.7. The van der Waals surface area contributed by atoms with Gasteiger partial charge in [-0.3, -0.25) is 23.9 Å². The van der Waals surface area contributed by atoms with Crippen molar-refractivity contribution in [2.45, 2.75) is 125 Å². The van der Waals surface area contributed by atoms with Gasteiger partial charge in [-0.15, -0.1) is 11.3 Å². The number of sulfonamides is 1. The number of allylic oxidation sites excluding steroid dienone is 2. The first kappa shape index (κ1) is 54.7. The molecule has 4 saturated carbocycles. The zero-order valence-electron chi connectivity index (χ0n) is 46.2. The maximum Gasteiger partial charge on any atom is 0.262 e. The summed E-state index contributed by atoms with van der Waals surface area (Å²) in [6, 6.07) is 12.4. The molecule has 19 nitrogen and oxygen atoms in total.